The predicted octanol–water partition coefficient (Wildman–Crippen LogP) is 1.24. The smallest absolute Gasteiger partial charge is 0.455 e. The molecule has 0 aromatic heterocycles. The highest BCUT2D eigenvalue weighted by Gasteiger charge is 2.80. The number of piperidine rings is 1. The molecule has 4 bridgehead atoms. The molecule has 0 aromatic carbocycles. The van der Waals surface area contributed by atoms with Crippen molar-refractivity contribution >= 4 is 17.9 Å². The number of esters is 1. The minimum atomic E-state index is -4.26. The third-order valence-corrected chi connectivity index (χ3v) is 8.47. The zero-order valence-corrected chi connectivity index (χ0v) is 15.8. The van der Waals surface area contributed by atoms with Gasteiger partial charge < -0.3 is 15.4 Å². The van der Waals surface area contributed by atoms with Crippen molar-refractivity contribution in [3.05, 3.63) is 0 Å². The van der Waals surface area contributed by atoms with Crippen LogP contribution in [0.15, 0.2) is 0 Å². The molecule has 8 nitrogen and oxygen atoms in total. The Bertz CT molecular complexity index is 822. The molecule has 29 heavy (non-hydrogen) atoms. The topological polar surface area (TPSA) is 102 Å². The number of urea groups is 1. The molecule has 6 aliphatic rings. The van der Waals surface area contributed by atoms with Crippen LogP contribution in [-0.4, -0.2) is 58.7 Å². The minimum absolute atomic E-state index is 0.0656. The molecule has 4 aliphatic carbocycles. The van der Waals surface area contributed by atoms with Gasteiger partial charge in [0.1, 0.15) is 12.1 Å². The van der Waals surface area contributed by atoms with Gasteiger partial charge in [0, 0.05) is 17.9 Å². The van der Waals surface area contributed by atoms with Crippen molar-refractivity contribution in [1.82, 2.24) is 9.96 Å². The second-order valence-corrected chi connectivity index (χ2v) is 9.70. The number of halogens is 2. The van der Waals surface area contributed by atoms with Gasteiger partial charge in [-0.25, -0.2) is 9.59 Å². The van der Waals surface area contributed by atoms with Crippen LogP contribution < -0.4 is 5.73 Å². The summed E-state index contributed by atoms with van der Waals surface area (Å²) in [6.45, 7) is 0.0656. The SMILES string of the molecule is NC(=O)[C@@H]1CC[C@@H]2CN1C(=O)N2OC(F)(F)C(=O)OC1C2CC3CC4CC41C2C3. The lowest BCUT2D eigenvalue weighted by Gasteiger charge is -2.50. The Morgan fingerprint density at radius 1 is 1.21 bits per heavy atom. The summed E-state index contributed by atoms with van der Waals surface area (Å²) in [5, 5.41) is 0.521. The molecule has 158 valence electrons. The molecule has 0 aromatic rings. The van der Waals surface area contributed by atoms with Crippen molar-refractivity contribution in [3.63, 3.8) is 0 Å². The van der Waals surface area contributed by atoms with Gasteiger partial charge >= 0.3 is 18.1 Å². The highest BCUT2D eigenvalue weighted by Crippen LogP contribution is 2.81. The number of ether oxygens (including phenoxy) is 1. The molecule has 2 aliphatic heterocycles. The monoisotopic (exact) mass is 411 g/mol. The van der Waals surface area contributed by atoms with Crippen LogP contribution in [-0.2, 0) is 19.2 Å². The zero-order valence-electron chi connectivity index (χ0n) is 15.8. The largest absolute Gasteiger partial charge is 0.477 e. The van der Waals surface area contributed by atoms with Gasteiger partial charge in [0.15, 0.2) is 0 Å². The fourth-order valence-corrected chi connectivity index (χ4v) is 7.28. The third kappa shape index (κ3) is 2.18. The first kappa shape index (κ1) is 17.9. The molecule has 6 unspecified atom stereocenters. The Morgan fingerprint density at radius 3 is 2.76 bits per heavy atom. The Morgan fingerprint density at radius 2 is 2.00 bits per heavy atom. The summed E-state index contributed by atoms with van der Waals surface area (Å²) < 4.78 is 34.5. The molecule has 4 saturated carbocycles. The highest BCUT2D eigenvalue weighted by atomic mass is 19.3. The van der Waals surface area contributed by atoms with E-state index in [9.17, 15) is 23.2 Å². The average Bonchev–Trinajstić information content (AvgIpc) is 3.31. The van der Waals surface area contributed by atoms with Crippen molar-refractivity contribution in [2.75, 3.05) is 6.54 Å². The lowest BCUT2D eigenvalue weighted by atomic mass is 9.59. The van der Waals surface area contributed by atoms with Gasteiger partial charge in [0.25, 0.3) is 0 Å². The number of nitrogens with two attached hydrogens (primary N) is 1. The van der Waals surface area contributed by atoms with Gasteiger partial charge in [0.2, 0.25) is 5.91 Å². The van der Waals surface area contributed by atoms with E-state index >= 15 is 0 Å². The molecule has 6 rings (SSSR count). The maximum Gasteiger partial charge on any atom is 0.477 e. The Balaban J connectivity index is 1.15. The predicted molar refractivity (Wildman–Crippen MR) is 90.7 cm³/mol. The number of rotatable bonds is 5. The van der Waals surface area contributed by atoms with E-state index in [0.717, 1.165) is 30.6 Å². The first-order chi connectivity index (χ1) is 13.7. The summed E-state index contributed by atoms with van der Waals surface area (Å²) in [6.07, 6.45) is 0.00610. The third-order valence-electron chi connectivity index (χ3n) is 8.47. The van der Waals surface area contributed by atoms with E-state index in [-0.39, 0.29) is 24.3 Å². The normalized spacial score (nSPS) is 46.3. The fraction of sp³-hybridized carbons (Fsp3) is 0.842. The molecule has 2 N–H and O–H groups in total. The lowest BCUT2D eigenvalue weighted by Crippen LogP contribution is -2.56. The lowest BCUT2D eigenvalue weighted by molar-refractivity contribution is -0.335. The van der Waals surface area contributed by atoms with Gasteiger partial charge in [-0.2, -0.15) is 18.7 Å². The molecule has 0 radical (unpaired) electrons. The van der Waals surface area contributed by atoms with E-state index < -0.39 is 42.2 Å². The highest BCUT2D eigenvalue weighted by molar-refractivity contribution is 5.87. The van der Waals surface area contributed by atoms with Crippen LogP contribution in [0.2, 0.25) is 0 Å². The quantitative estimate of drug-likeness (QED) is 0.686. The number of amides is 3. The maximum atomic E-state index is 14.6. The summed E-state index contributed by atoms with van der Waals surface area (Å²) in [5.41, 5.74) is 5.21. The minimum Gasteiger partial charge on any atom is -0.455 e. The van der Waals surface area contributed by atoms with Crippen molar-refractivity contribution < 1.29 is 32.7 Å². The van der Waals surface area contributed by atoms with Crippen LogP contribution >= 0.6 is 0 Å². The van der Waals surface area contributed by atoms with Crippen molar-refractivity contribution in [1.29, 1.82) is 0 Å². The molecule has 3 amide bonds. The van der Waals surface area contributed by atoms with Crippen LogP contribution in [0.5, 0.6) is 0 Å². The number of primary amides is 1. The number of carbonyl (C=O) groups is 3. The molecule has 10 heteroatoms. The standard InChI is InChI=1S/C19H23F2N3O5/c20-19(21,29-24-10-1-2-13(15(22)25)23(7-10)17(24)27)16(26)28-14-11-4-8-3-9-6-18(9,14)12(11)5-8/h8-14H,1-7H2,(H2,22,25)/t8?,9?,10-,11?,12?,13+,14?,18?/m1/s1. The first-order valence-corrected chi connectivity index (χ1v) is 10.4. The van der Waals surface area contributed by atoms with E-state index in [1.54, 1.807) is 0 Å². The maximum absolute atomic E-state index is 14.6. The van der Waals surface area contributed by atoms with Gasteiger partial charge in [-0.3, -0.25) is 4.79 Å². The van der Waals surface area contributed by atoms with E-state index in [4.69, 9.17) is 10.5 Å². The number of hydroxylamine groups is 2. The van der Waals surface area contributed by atoms with Crippen molar-refractivity contribution in [2.45, 2.75) is 62.8 Å². The molecule has 2 saturated heterocycles. The molecular weight excluding hydrogens is 388 g/mol. The molecule has 6 fully saturated rings. The van der Waals surface area contributed by atoms with Crippen LogP contribution in [0.1, 0.15) is 38.5 Å². The van der Waals surface area contributed by atoms with Crippen molar-refractivity contribution in [2.24, 2.45) is 34.8 Å². The Kier molecular flexibility index (Phi) is 3.31. The van der Waals surface area contributed by atoms with Gasteiger partial charge in [-0.1, -0.05) is 0 Å². The number of hydrogen-bond acceptors (Lipinski definition) is 5. The van der Waals surface area contributed by atoms with E-state index in [2.05, 4.69) is 4.84 Å². The summed E-state index contributed by atoms with van der Waals surface area (Å²) in [7, 11) is 0. The summed E-state index contributed by atoms with van der Waals surface area (Å²) >= 11 is 0. The number of carbonyl (C=O) groups excluding carboxylic acids is 3. The fourth-order valence-electron chi connectivity index (χ4n) is 7.28. The van der Waals surface area contributed by atoms with E-state index in [1.165, 1.54) is 0 Å². The van der Waals surface area contributed by atoms with Gasteiger partial charge in [-0.15, -0.1) is 0 Å². The van der Waals surface area contributed by atoms with Gasteiger partial charge in [-0.05, 0) is 56.3 Å². The van der Waals surface area contributed by atoms with Crippen LogP contribution in [0.25, 0.3) is 0 Å². The molecule has 1 spiro atoms. The summed E-state index contributed by atoms with van der Waals surface area (Å²) in [5.74, 6) is -0.588. The zero-order chi connectivity index (χ0) is 20.3. The number of fused-ring (bicyclic) bond motifs is 3. The molecule has 2 heterocycles. The van der Waals surface area contributed by atoms with Gasteiger partial charge in [0.05, 0.1) is 6.04 Å². The van der Waals surface area contributed by atoms with Crippen LogP contribution in [0.3, 0.4) is 0 Å². The van der Waals surface area contributed by atoms with Crippen LogP contribution in [0, 0.1) is 29.1 Å². The second-order valence-electron chi connectivity index (χ2n) is 9.70. The van der Waals surface area contributed by atoms with E-state index in [0.29, 0.717) is 29.2 Å². The number of nitrogens with zero attached hydrogens (tertiary/aromatic N) is 2. The summed E-state index contributed by atoms with van der Waals surface area (Å²) in [6, 6.07) is -2.37. The average molecular weight is 411 g/mol. The summed E-state index contributed by atoms with van der Waals surface area (Å²) in [4.78, 5) is 42.0. The molecular formula is C19H23F2N3O5. The number of alkyl halides is 2. The van der Waals surface area contributed by atoms with Crippen LogP contribution in [0.4, 0.5) is 13.6 Å². The second kappa shape index (κ2) is 5.39. The Hall–Kier alpha value is -1.97. The first-order valence-electron chi connectivity index (χ1n) is 10.4. The number of hydrogen-bond donors (Lipinski definition) is 1. The Labute approximate surface area is 165 Å². The molecule has 8 atom stereocenters. The van der Waals surface area contributed by atoms with Crippen molar-refractivity contribution in [3.8, 4) is 0 Å². The van der Waals surface area contributed by atoms with E-state index in [1.807, 2.05) is 0 Å².